The number of benzene rings is 1. The maximum Gasteiger partial charge on any atom is 0.290 e. The molecule has 0 aliphatic carbocycles. The molecule has 0 saturated carbocycles. The van der Waals surface area contributed by atoms with Gasteiger partial charge in [-0.3, -0.25) is 4.79 Å². The van der Waals surface area contributed by atoms with Crippen molar-refractivity contribution in [3.8, 4) is 5.75 Å². The SMILES string of the molecule is COc1cccc2cc(C(=O)N3CCCCCC3c3cccn3C)oc12. The molecular formula is C21H24N2O3. The van der Waals surface area contributed by atoms with E-state index in [4.69, 9.17) is 9.15 Å². The molecule has 5 heteroatoms. The van der Waals surface area contributed by atoms with Crippen LogP contribution in [0, 0.1) is 0 Å². The second-order valence-corrected chi connectivity index (χ2v) is 6.90. The summed E-state index contributed by atoms with van der Waals surface area (Å²) in [5.41, 5.74) is 1.80. The van der Waals surface area contributed by atoms with Crippen molar-refractivity contribution in [1.82, 2.24) is 9.47 Å². The van der Waals surface area contributed by atoms with Crippen molar-refractivity contribution >= 4 is 16.9 Å². The van der Waals surface area contributed by atoms with Crippen molar-refractivity contribution in [1.29, 1.82) is 0 Å². The Bertz CT molecular complexity index is 924. The average Bonchev–Trinajstić information content (AvgIpc) is 3.20. The van der Waals surface area contributed by atoms with Gasteiger partial charge in [0.05, 0.1) is 13.2 Å². The summed E-state index contributed by atoms with van der Waals surface area (Å²) in [6.07, 6.45) is 6.32. The molecule has 0 bridgehead atoms. The van der Waals surface area contributed by atoms with E-state index in [1.807, 2.05) is 48.5 Å². The Kier molecular flexibility index (Phi) is 4.45. The van der Waals surface area contributed by atoms with Gasteiger partial charge in [-0.1, -0.05) is 25.0 Å². The summed E-state index contributed by atoms with van der Waals surface area (Å²) in [6, 6.07) is 11.7. The first kappa shape index (κ1) is 16.8. The molecule has 5 nitrogen and oxygen atoms in total. The third-order valence-corrected chi connectivity index (χ3v) is 5.28. The molecule has 1 aliphatic heterocycles. The largest absolute Gasteiger partial charge is 0.493 e. The Labute approximate surface area is 153 Å². The van der Waals surface area contributed by atoms with Gasteiger partial charge in [0.25, 0.3) is 5.91 Å². The smallest absolute Gasteiger partial charge is 0.290 e. The fraction of sp³-hybridized carbons (Fsp3) is 0.381. The van der Waals surface area contributed by atoms with Gasteiger partial charge in [0.15, 0.2) is 17.1 Å². The first-order valence-electron chi connectivity index (χ1n) is 9.18. The molecule has 3 aromatic rings. The number of aromatic nitrogens is 1. The highest BCUT2D eigenvalue weighted by Crippen LogP contribution is 2.34. The Hall–Kier alpha value is -2.69. The van der Waals surface area contributed by atoms with E-state index in [9.17, 15) is 4.79 Å². The molecule has 2 aromatic heterocycles. The first-order chi connectivity index (χ1) is 12.7. The van der Waals surface area contributed by atoms with E-state index >= 15 is 0 Å². The number of hydrogen-bond acceptors (Lipinski definition) is 3. The normalized spacial score (nSPS) is 18.1. The molecule has 0 N–H and O–H groups in total. The molecule has 1 unspecified atom stereocenters. The van der Waals surface area contributed by atoms with Crippen LogP contribution in [0.15, 0.2) is 47.0 Å². The van der Waals surface area contributed by atoms with Crippen LogP contribution < -0.4 is 4.74 Å². The number of ether oxygens (including phenoxy) is 1. The minimum Gasteiger partial charge on any atom is -0.493 e. The number of rotatable bonds is 3. The zero-order chi connectivity index (χ0) is 18.1. The summed E-state index contributed by atoms with van der Waals surface area (Å²) < 4.78 is 13.4. The monoisotopic (exact) mass is 352 g/mol. The maximum absolute atomic E-state index is 13.3. The summed E-state index contributed by atoms with van der Waals surface area (Å²) in [7, 11) is 3.65. The van der Waals surface area contributed by atoms with E-state index < -0.39 is 0 Å². The quantitative estimate of drug-likeness (QED) is 0.695. The average molecular weight is 352 g/mol. The number of carbonyl (C=O) groups excluding carboxylic acids is 1. The highest BCUT2D eigenvalue weighted by Gasteiger charge is 2.30. The number of amides is 1. The van der Waals surface area contributed by atoms with Crippen molar-refractivity contribution in [2.24, 2.45) is 7.05 Å². The molecule has 1 amide bonds. The lowest BCUT2D eigenvalue weighted by atomic mass is 10.1. The third kappa shape index (κ3) is 2.87. The molecule has 3 heterocycles. The van der Waals surface area contributed by atoms with Gasteiger partial charge in [-0.2, -0.15) is 0 Å². The van der Waals surface area contributed by atoms with Crippen LogP contribution in [0.1, 0.15) is 48.0 Å². The zero-order valence-electron chi connectivity index (χ0n) is 15.3. The van der Waals surface area contributed by atoms with E-state index in [1.54, 1.807) is 7.11 Å². The Morgan fingerprint density at radius 3 is 2.85 bits per heavy atom. The van der Waals surface area contributed by atoms with Crippen LogP contribution in [0.5, 0.6) is 5.75 Å². The molecule has 1 atom stereocenters. The number of methoxy groups -OCH3 is 1. The van der Waals surface area contributed by atoms with Crippen molar-refractivity contribution in [2.45, 2.75) is 31.7 Å². The van der Waals surface area contributed by atoms with Gasteiger partial charge in [-0.25, -0.2) is 0 Å². The van der Waals surface area contributed by atoms with Crippen molar-refractivity contribution in [3.05, 3.63) is 54.0 Å². The van der Waals surface area contributed by atoms with Gasteiger partial charge in [-0.05, 0) is 37.1 Å². The Morgan fingerprint density at radius 1 is 1.19 bits per heavy atom. The van der Waals surface area contributed by atoms with Gasteiger partial charge < -0.3 is 18.6 Å². The highest BCUT2D eigenvalue weighted by molar-refractivity contribution is 5.97. The standard InChI is InChI=1S/C21H24N2O3/c1-22-12-7-10-16(22)17-9-4-3-5-13-23(17)21(24)19-14-15-8-6-11-18(25-2)20(15)26-19/h6-8,10-12,14,17H,3-5,9,13H2,1-2H3. The minimum atomic E-state index is -0.0450. The molecule has 1 saturated heterocycles. The number of fused-ring (bicyclic) bond motifs is 1. The summed E-state index contributed by atoms with van der Waals surface area (Å²) >= 11 is 0. The number of nitrogens with zero attached hydrogens (tertiary/aromatic N) is 2. The lowest BCUT2D eigenvalue weighted by Gasteiger charge is -2.30. The van der Waals surface area contributed by atoms with Gasteiger partial charge in [0.1, 0.15) is 0 Å². The number of aryl methyl sites for hydroxylation is 1. The van der Waals surface area contributed by atoms with Crippen LogP contribution in [-0.4, -0.2) is 29.0 Å². The van der Waals surface area contributed by atoms with Gasteiger partial charge in [0.2, 0.25) is 0 Å². The zero-order valence-corrected chi connectivity index (χ0v) is 15.3. The van der Waals surface area contributed by atoms with E-state index in [0.29, 0.717) is 17.1 Å². The fourth-order valence-electron chi connectivity index (χ4n) is 3.92. The molecule has 0 spiro atoms. The second-order valence-electron chi connectivity index (χ2n) is 6.90. The highest BCUT2D eigenvalue weighted by atomic mass is 16.5. The Balaban J connectivity index is 1.72. The maximum atomic E-state index is 13.3. The number of hydrogen-bond donors (Lipinski definition) is 0. The van der Waals surface area contributed by atoms with Crippen molar-refractivity contribution in [2.75, 3.05) is 13.7 Å². The third-order valence-electron chi connectivity index (χ3n) is 5.28. The van der Waals surface area contributed by atoms with Crippen LogP contribution in [0.2, 0.25) is 0 Å². The van der Waals surface area contributed by atoms with Crippen LogP contribution >= 0.6 is 0 Å². The van der Waals surface area contributed by atoms with Crippen LogP contribution in [0.4, 0.5) is 0 Å². The van der Waals surface area contributed by atoms with Crippen LogP contribution in [-0.2, 0) is 7.05 Å². The molecule has 1 fully saturated rings. The van der Waals surface area contributed by atoms with E-state index in [0.717, 1.165) is 37.6 Å². The summed E-state index contributed by atoms with van der Waals surface area (Å²) in [4.78, 5) is 15.3. The lowest BCUT2D eigenvalue weighted by Crippen LogP contribution is -2.35. The van der Waals surface area contributed by atoms with Crippen molar-refractivity contribution in [3.63, 3.8) is 0 Å². The van der Waals surface area contributed by atoms with Crippen molar-refractivity contribution < 1.29 is 13.9 Å². The topological polar surface area (TPSA) is 47.6 Å². The summed E-state index contributed by atoms with van der Waals surface area (Å²) in [6.45, 7) is 0.753. The summed E-state index contributed by atoms with van der Waals surface area (Å²) in [5, 5.41) is 0.887. The predicted octanol–water partition coefficient (Wildman–Crippen LogP) is 4.54. The Morgan fingerprint density at radius 2 is 2.08 bits per heavy atom. The van der Waals surface area contributed by atoms with E-state index in [1.165, 1.54) is 5.69 Å². The van der Waals surface area contributed by atoms with Gasteiger partial charge >= 0.3 is 0 Å². The number of furan rings is 1. The molecule has 136 valence electrons. The molecule has 4 rings (SSSR count). The molecule has 0 radical (unpaired) electrons. The fourth-order valence-corrected chi connectivity index (χ4v) is 3.92. The molecule has 1 aliphatic rings. The van der Waals surface area contributed by atoms with Crippen LogP contribution in [0.25, 0.3) is 11.0 Å². The van der Waals surface area contributed by atoms with Gasteiger partial charge in [-0.15, -0.1) is 0 Å². The number of carbonyl (C=O) groups is 1. The van der Waals surface area contributed by atoms with E-state index in [2.05, 4.69) is 10.6 Å². The van der Waals surface area contributed by atoms with Crippen LogP contribution in [0.3, 0.4) is 0 Å². The second kappa shape index (κ2) is 6.90. The first-order valence-corrected chi connectivity index (χ1v) is 9.18. The molecule has 26 heavy (non-hydrogen) atoms. The lowest BCUT2D eigenvalue weighted by molar-refractivity contribution is 0.0644. The molecular weight excluding hydrogens is 328 g/mol. The summed E-state index contributed by atoms with van der Waals surface area (Å²) in [5.74, 6) is 0.985. The predicted molar refractivity (Wildman–Crippen MR) is 100 cm³/mol. The number of para-hydroxylation sites is 1. The van der Waals surface area contributed by atoms with E-state index in [-0.39, 0.29) is 11.9 Å². The molecule has 1 aromatic carbocycles. The number of likely N-dealkylation sites (tertiary alicyclic amines) is 1. The van der Waals surface area contributed by atoms with Gasteiger partial charge in [0, 0.05) is 30.9 Å². The minimum absolute atomic E-state index is 0.0450.